The number of amides is 1. The lowest BCUT2D eigenvalue weighted by molar-refractivity contribution is -0.123. The Morgan fingerprint density at radius 1 is 0.810 bits per heavy atom. The van der Waals surface area contributed by atoms with Gasteiger partial charge in [0.1, 0.15) is 5.75 Å². The van der Waals surface area contributed by atoms with Crippen LogP contribution in [-0.4, -0.2) is 31.1 Å². The largest absolute Gasteiger partial charge is 0.470 e. The van der Waals surface area contributed by atoms with Gasteiger partial charge in [0.2, 0.25) is 5.78 Å². The number of hydrogen-bond acceptors (Lipinski definition) is 5. The highest BCUT2D eigenvalue weighted by Crippen LogP contribution is 2.39. The molecule has 3 aromatic rings. The van der Waals surface area contributed by atoms with Gasteiger partial charge in [0.05, 0.1) is 0 Å². The van der Waals surface area contributed by atoms with Gasteiger partial charge in [0.25, 0.3) is 5.91 Å². The number of methoxy groups -OCH3 is 1. The predicted octanol–water partition coefficient (Wildman–Crippen LogP) is 8.52. The van der Waals surface area contributed by atoms with Gasteiger partial charge < -0.3 is 20.1 Å². The summed E-state index contributed by atoms with van der Waals surface area (Å²) in [5, 5.41) is 6.24. The van der Waals surface area contributed by atoms with Gasteiger partial charge >= 0.3 is 0 Å². The van der Waals surface area contributed by atoms with E-state index in [1.54, 1.807) is 30.3 Å². The number of carbonyl (C=O) groups is 2. The second-order valence-corrected chi connectivity index (χ2v) is 12.1. The highest BCUT2D eigenvalue weighted by Gasteiger charge is 2.29. The van der Waals surface area contributed by atoms with Crippen molar-refractivity contribution in [1.29, 1.82) is 0 Å². The van der Waals surface area contributed by atoms with Crippen molar-refractivity contribution in [3.05, 3.63) is 89.5 Å². The maximum Gasteiger partial charge on any atom is 0.261 e. The summed E-state index contributed by atoms with van der Waals surface area (Å²) in [4.78, 5) is 26.2. The van der Waals surface area contributed by atoms with Crippen LogP contribution in [0.2, 0.25) is 0 Å². The molecule has 0 aliphatic carbocycles. The number of para-hydroxylation sites is 1. The first-order valence-corrected chi connectivity index (χ1v) is 15.1. The second kappa shape index (κ2) is 14.5. The monoisotopic (exact) mass is 572 g/mol. The molecule has 0 aromatic heterocycles. The quantitative estimate of drug-likeness (QED) is 0.108. The van der Waals surface area contributed by atoms with Crippen molar-refractivity contribution in [1.82, 2.24) is 0 Å². The van der Waals surface area contributed by atoms with Crippen molar-refractivity contribution < 1.29 is 19.1 Å². The van der Waals surface area contributed by atoms with E-state index in [0.717, 1.165) is 37.1 Å². The Bertz CT molecular complexity index is 1330. The molecule has 3 aromatic carbocycles. The fraction of sp³-hybridized carbons (Fsp3) is 0.444. The summed E-state index contributed by atoms with van der Waals surface area (Å²) in [7, 11) is 1.36. The van der Waals surface area contributed by atoms with Crippen LogP contribution in [0, 0.1) is 0 Å². The number of anilines is 2. The summed E-state index contributed by atoms with van der Waals surface area (Å²) in [6.45, 7) is 15.6. The van der Waals surface area contributed by atoms with Crippen LogP contribution in [0.1, 0.15) is 95.6 Å². The summed E-state index contributed by atoms with van der Waals surface area (Å²) in [6, 6.07) is 22.8. The molecule has 0 aliphatic heterocycles. The minimum Gasteiger partial charge on any atom is -0.470 e. The lowest BCUT2D eigenvalue weighted by Gasteiger charge is -2.32. The maximum absolute atomic E-state index is 13.3. The first-order chi connectivity index (χ1) is 19.9. The SMILES string of the molecule is CCCC(Nc1cccc(C(=O)C(OC)C(=O)Nc2ccccc2)c1)Oc1ccc(C(C)(C)CC)cc1C(C)(C)CC. The molecule has 226 valence electrons. The van der Waals surface area contributed by atoms with Gasteiger partial charge in [-0.3, -0.25) is 9.59 Å². The number of hydrogen-bond donors (Lipinski definition) is 2. The molecule has 0 heterocycles. The fourth-order valence-electron chi connectivity index (χ4n) is 4.72. The fourth-order valence-corrected chi connectivity index (χ4v) is 4.72. The van der Waals surface area contributed by atoms with Gasteiger partial charge in [-0.25, -0.2) is 0 Å². The molecular formula is C36H48N2O4. The van der Waals surface area contributed by atoms with Crippen LogP contribution in [0.25, 0.3) is 0 Å². The highest BCUT2D eigenvalue weighted by atomic mass is 16.5. The van der Waals surface area contributed by atoms with E-state index in [-0.39, 0.29) is 17.1 Å². The number of Topliss-reactive ketones (excluding diaryl/α,β-unsaturated/α-hetero) is 1. The van der Waals surface area contributed by atoms with E-state index in [1.165, 1.54) is 18.2 Å². The molecule has 0 saturated carbocycles. The van der Waals surface area contributed by atoms with Crippen LogP contribution < -0.4 is 15.4 Å². The lowest BCUT2D eigenvalue weighted by atomic mass is 9.76. The van der Waals surface area contributed by atoms with Crippen molar-refractivity contribution in [2.24, 2.45) is 0 Å². The first-order valence-electron chi connectivity index (χ1n) is 15.1. The zero-order chi connectivity index (χ0) is 30.9. The number of ketones is 1. The van der Waals surface area contributed by atoms with Crippen LogP contribution in [-0.2, 0) is 20.4 Å². The summed E-state index contributed by atoms with van der Waals surface area (Å²) in [5.74, 6) is -0.0589. The molecule has 6 heteroatoms. The molecule has 0 bridgehead atoms. The summed E-state index contributed by atoms with van der Waals surface area (Å²) >= 11 is 0. The summed E-state index contributed by atoms with van der Waals surface area (Å²) in [5.41, 5.74) is 4.23. The van der Waals surface area contributed by atoms with Gasteiger partial charge in [-0.1, -0.05) is 97.4 Å². The standard InChI is InChI=1S/C36H48N2O4/c1-9-16-31(42-30-22-21-26(35(4,5)10-2)24-29(30)36(6,7)11-3)37-28-20-15-17-25(23-28)32(39)33(41-8)34(40)38-27-18-13-12-14-19-27/h12-15,17-24,31,33,37H,9-11,16H2,1-8H3,(H,38,40). The zero-order valence-electron chi connectivity index (χ0n) is 26.5. The molecule has 42 heavy (non-hydrogen) atoms. The molecular weight excluding hydrogens is 524 g/mol. The molecule has 0 spiro atoms. The Kier molecular flexibility index (Phi) is 11.3. The maximum atomic E-state index is 13.3. The average molecular weight is 573 g/mol. The molecule has 0 aliphatic rings. The van der Waals surface area contributed by atoms with E-state index < -0.39 is 17.8 Å². The van der Waals surface area contributed by atoms with Crippen molar-refractivity contribution in [3.63, 3.8) is 0 Å². The smallest absolute Gasteiger partial charge is 0.261 e. The van der Waals surface area contributed by atoms with Gasteiger partial charge in [0.15, 0.2) is 12.3 Å². The van der Waals surface area contributed by atoms with E-state index in [9.17, 15) is 9.59 Å². The Labute approximate surface area is 252 Å². The molecule has 3 rings (SSSR count). The predicted molar refractivity (Wildman–Crippen MR) is 173 cm³/mol. The van der Waals surface area contributed by atoms with E-state index in [1.807, 2.05) is 24.3 Å². The van der Waals surface area contributed by atoms with Gasteiger partial charge in [-0.2, -0.15) is 0 Å². The molecule has 2 unspecified atom stereocenters. The van der Waals surface area contributed by atoms with Gasteiger partial charge in [-0.15, -0.1) is 0 Å². The Morgan fingerprint density at radius 3 is 2.10 bits per heavy atom. The third-order valence-corrected chi connectivity index (χ3v) is 8.31. The van der Waals surface area contributed by atoms with Crippen molar-refractivity contribution in [2.75, 3.05) is 17.7 Å². The second-order valence-electron chi connectivity index (χ2n) is 12.1. The third-order valence-electron chi connectivity index (χ3n) is 8.31. The van der Waals surface area contributed by atoms with E-state index in [2.05, 4.69) is 77.3 Å². The molecule has 1 amide bonds. The molecule has 0 saturated heterocycles. The van der Waals surface area contributed by atoms with Crippen molar-refractivity contribution in [3.8, 4) is 5.75 Å². The minimum atomic E-state index is -1.27. The van der Waals surface area contributed by atoms with Crippen LogP contribution in [0.15, 0.2) is 72.8 Å². The minimum absolute atomic E-state index is 0.0618. The average Bonchev–Trinajstić information content (AvgIpc) is 2.98. The van der Waals surface area contributed by atoms with Crippen molar-refractivity contribution in [2.45, 2.75) is 97.3 Å². The van der Waals surface area contributed by atoms with E-state index in [0.29, 0.717) is 11.3 Å². The molecule has 0 fully saturated rings. The molecule has 2 N–H and O–H groups in total. The number of carbonyl (C=O) groups excluding carboxylic acids is 2. The Morgan fingerprint density at radius 2 is 1.48 bits per heavy atom. The normalized spacial score (nSPS) is 13.2. The summed E-state index contributed by atoms with van der Waals surface area (Å²) in [6.07, 6.45) is 2.13. The highest BCUT2D eigenvalue weighted by molar-refractivity contribution is 6.16. The molecule has 6 nitrogen and oxygen atoms in total. The van der Waals surface area contributed by atoms with Gasteiger partial charge in [0, 0.05) is 36.0 Å². The number of benzene rings is 3. The van der Waals surface area contributed by atoms with Crippen LogP contribution in [0.5, 0.6) is 5.75 Å². The van der Waals surface area contributed by atoms with Crippen molar-refractivity contribution >= 4 is 23.1 Å². The number of nitrogens with one attached hydrogen (secondary N) is 2. The first kappa shape index (κ1) is 32.9. The number of ether oxygens (including phenoxy) is 2. The summed E-state index contributed by atoms with van der Waals surface area (Å²) < 4.78 is 12.0. The molecule has 0 radical (unpaired) electrons. The van der Waals surface area contributed by atoms with Crippen LogP contribution in [0.3, 0.4) is 0 Å². The van der Waals surface area contributed by atoms with E-state index >= 15 is 0 Å². The van der Waals surface area contributed by atoms with Crippen LogP contribution in [0.4, 0.5) is 11.4 Å². The zero-order valence-corrected chi connectivity index (χ0v) is 26.5. The topological polar surface area (TPSA) is 76.7 Å². The van der Waals surface area contributed by atoms with Gasteiger partial charge in [-0.05, 0) is 59.6 Å². The Balaban J connectivity index is 1.84. The lowest BCUT2D eigenvalue weighted by Crippen LogP contribution is -2.36. The molecule has 2 atom stereocenters. The van der Waals surface area contributed by atoms with Crippen LogP contribution >= 0.6 is 0 Å². The Hall–Kier alpha value is -3.64. The van der Waals surface area contributed by atoms with E-state index in [4.69, 9.17) is 9.47 Å². The number of rotatable bonds is 15. The third kappa shape index (κ3) is 8.22.